The predicted octanol–water partition coefficient (Wildman–Crippen LogP) is 0.157. The zero-order valence-corrected chi connectivity index (χ0v) is 8.63. The average Bonchev–Trinajstić information content (AvgIpc) is 2.45. The van der Waals surface area contributed by atoms with Crippen LogP contribution in [0, 0.1) is 5.92 Å². The van der Waals surface area contributed by atoms with E-state index in [0.717, 1.165) is 12.8 Å². The van der Waals surface area contributed by atoms with Gasteiger partial charge in [-0.15, -0.1) is 0 Å². The van der Waals surface area contributed by atoms with E-state index in [1.54, 1.807) is 12.3 Å². The van der Waals surface area contributed by atoms with Crippen LogP contribution in [0.2, 0.25) is 0 Å². The lowest BCUT2D eigenvalue weighted by atomic mass is 10.1. The molecule has 5 nitrogen and oxygen atoms in total. The van der Waals surface area contributed by atoms with Crippen molar-refractivity contribution in [1.82, 2.24) is 9.55 Å². The minimum Gasteiger partial charge on any atom is -0.391 e. The Morgan fingerprint density at radius 3 is 2.87 bits per heavy atom. The Kier molecular flexibility index (Phi) is 2.48. The molecule has 15 heavy (non-hydrogen) atoms. The fourth-order valence-corrected chi connectivity index (χ4v) is 2.21. The molecule has 2 rings (SSSR count). The highest BCUT2D eigenvalue weighted by atomic mass is 16.3. The first-order valence-corrected chi connectivity index (χ1v) is 5.10. The third kappa shape index (κ3) is 1.87. The molecule has 1 heterocycles. The number of hydrogen-bond donors (Lipinski definition) is 2. The lowest BCUT2D eigenvalue weighted by molar-refractivity contribution is 0.132. The van der Waals surface area contributed by atoms with E-state index in [1.165, 1.54) is 4.57 Å². The van der Waals surface area contributed by atoms with E-state index in [9.17, 15) is 9.90 Å². The number of rotatable bonds is 1. The van der Waals surface area contributed by atoms with Crippen molar-refractivity contribution in [2.75, 3.05) is 5.73 Å². The van der Waals surface area contributed by atoms with Crippen molar-refractivity contribution in [3.63, 3.8) is 0 Å². The quantitative estimate of drug-likeness (QED) is 0.690. The smallest absolute Gasteiger partial charge is 0.349 e. The maximum Gasteiger partial charge on any atom is 0.349 e. The second kappa shape index (κ2) is 3.66. The van der Waals surface area contributed by atoms with Crippen LogP contribution in [-0.4, -0.2) is 20.8 Å². The van der Waals surface area contributed by atoms with Crippen LogP contribution in [0.15, 0.2) is 17.1 Å². The number of anilines is 1. The van der Waals surface area contributed by atoms with Crippen molar-refractivity contribution in [3.8, 4) is 0 Å². The highest BCUT2D eigenvalue weighted by Crippen LogP contribution is 2.33. The van der Waals surface area contributed by atoms with Gasteiger partial charge in [0, 0.05) is 6.20 Å². The van der Waals surface area contributed by atoms with E-state index in [4.69, 9.17) is 5.73 Å². The summed E-state index contributed by atoms with van der Waals surface area (Å²) in [6.07, 6.45) is 2.70. The lowest BCUT2D eigenvalue weighted by Crippen LogP contribution is -2.30. The topological polar surface area (TPSA) is 81.1 Å². The SMILES string of the molecule is CC1CC(O)C(n2ccc(N)nc2=O)C1. The van der Waals surface area contributed by atoms with Gasteiger partial charge in [0.25, 0.3) is 0 Å². The summed E-state index contributed by atoms with van der Waals surface area (Å²) < 4.78 is 1.48. The number of aromatic nitrogens is 2. The van der Waals surface area contributed by atoms with Gasteiger partial charge < -0.3 is 10.8 Å². The maximum absolute atomic E-state index is 11.5. The van der Waals surface area contributed by atoms with Gasteiger partial charge in [0.1, 0.15) is 5.82 Å². The second-order valence-corrected chi connectivity index (χ2v) is 4.25. The molecular weight excluding hydrogens is 194 g/mol. The number of aliphatic hydroxyl groups is 1. The summed E-state index contributed by atoms with van der Waals surface area (Å²) in [5.41, 5.74) is 5.02. The van der Waals surface area contributed by atoms with E-state index in [-0.39, 0.29) is 17.5 Å². The van der Waals surface area contributed by atoms with Crippen LogP contribution >= 0.6 is 0 Å². The first-order chi connectivity index (χ1) is 7.08. The molecule has 0 amide bonds. The first kappa shape index (κ1) is 10.2. The Hall–Kier alpha value is -1.36. The molecule has 0 radical (unpaired) electrons. The summed E-state index contributed by atoms with van der Waals surface area (Å²) >= 11 is 0. The molecule has 3 unspecified atom stereocenters. The molecule has 0 aromatic carbocycles. The van der Waals surface area contributed by atoms with Gasteiger partial charge in [-0.25, -0.2) is 4.79 Å². The molecular formula is C10H15N3O2. The zero-order chi connectivity index (χ0) is 11.0. The van der Waals surface area contributed by atoms with E-state index < -0.39 is 6.10 Å². The van der Waals surface area contributed by atoms with Gasteiger partial charge in [0.2, 0.25) is 0 Å². The number of aliphatic hydroxyl groups excluding tert-OH is 1. The maximum atomic E-state index is 11.5. The number of nitrogens with zero attached hydrogens (tertiary/aromatic N) is 2. The molecule has 3 atom stereocenters. The number of nitrogen functional groups attached to an aromatic ring is 1. The summed E-state index contributed by atoms with van der Waals surface area (Å²) in [5.74, 6) is 0.659. The average molecular weight is 209 g/mol. The van der Waals surface area contributed by atoms with Gasteiger partial charge in [-0.05, 0) is 24.8 Å². The fourth-order valence-electron chi connectivity index (χ4n) is 2.21. The summed E-state index contributed by atoms with van der Waals surface area (Å²) in [6.45, 7) is 2.07. The molecule has 1 aromatic heterocycles. The molecule has 82 valence electrons. The van der Waals surface area contributed by atoms with E-state index >= 15 is 0 Å². The standard InChI is InChI=1S/C10H15N3O2/c1-6-4-7(8(14)5-6)13-3-2-9(11)12-10(13)15/h2-3,6-8,14H,4-5H2,1H3,(H2,11,12,15). The molecule has 0 aliphatic heterocycles. The van der Waals surface area contributed by atoms with Crippen molar-refractivity contribution in [2.45, 2.75) is 31.9 Å². The third-order valence-electron chi connectivity index (χ3n) is 2.94. The molecule has 0 saturated heterocycles. The highest BCUT2D eigenvalue weighted by molar-refractivity contribution is 5.23. The lowest BCUT2D eigenvalue weighted by Gasteiger charge is -2.16. The Morgan fingerprint density at radius 2 is 2.33 bits per heavy atom. The molecule has 0 bridgehead atoms. The van der Waals surface area contributed by atoms with Crippen molar-refractivity contribution >= 4 is 5.82 Å². The Bertz CT molecular complexity index is 415. The molecule has 1 saturated carbocycles. The van der Waals surface area contributed by atoms with Crippen molar-refractivity contribution < 1.29 is 5.11 Å². The molecule has 3 N–H and O–H groups in total. The van der Waals surface area contributed by atoms with Crippen LogP contribution < -0.4 is 11.4 Å². The Labute approximate surface area is 87.6 Å². The van der Waals surface area contributed by atoms with E-state index in [2.05, 4.69) is 11.9 Å². The van der Waals surface area contributed by atoms with E-state index in [0.29, 0.717) is 5.92 Å². The van der Waals surface area contributed by atoms with Gasteiger partial charge >= 0.3 is 5.69 Å². The largest absolute Gasteiger partial charge is 0.391 e. The third-order valence-corrected chi connectivity index (χ3v) is 2.94. The molecule has 0 spiro atoms. The summed E-state index contributed by atoms with van der Waals surface area (Å²) in [4.78, 5) is 15.2. The minimum absolute atomic E-state index is 0.152. The zero-order valence-electron chi connectivity index (χ0n) is 8.63. The first-order valence-electron chi connectivity index (χ1n) is 5.10. The summed E-state index contributed by atoms with van der Waals surface area (Å²) in [6, 6.07) is 1.43. The molecule has 1 fully saturated rings. The van der Waals surface area contributed by atoms with Gasteiger partial charge in [0.05, 0.1) is 12.1 Å². The Morgan fingerprint density at radius 1 is 1.60 bits per heavy atom. The molecule has 1 aliphatic rings. The van der Waals surface area contributed by atoms with Crippen LogP contribution in [0.1, 0.15) is 25.8 Å². The van der Waals surface area contributed by atoms with Crippen LogP contribution in [0.25, 0.3) is 0 Å². The van der Waals surface area contributed by atoms with Crippen LogP contribution in [0.3, 0.4) is 0 Å². The van der Waals surface area contributed by atoms with Crippen LogP contribution in [-0.2, 0) is 0 Å². The molecule has 5 heteroatoms. The van der Waals surface area contributed by atoms with E-state index in [1.807, 2.05) is 0 Å². The summed E-state index contributed by atoms with van der Waals surface area (Å²) in [5, 5.41) is 9.79. The Balaban J connectivity index is 2.34. The summed E-state index contributed by atoms with van der Waals surface area (Å²) in [7, 11) is 0. The van der Waals surface area contributed by atoms with Crippen LogP contribution in [0.4, 0.5) is 5.82 Å². The predicted molar refractivity (Wildman–Crippen MR) is 56.4 cm³/mol. The molecule has 1 aromatic rings. The van der Waals surface area contributed by atoms with Crippen LogP contribution in [0.5, 0.6) is 0 Å². The van der Waals surface area contributed by atoms with Crippen molar-refractivity contribution in [1.29, 1.82) is 0 Å². The molecule has 1 aliphatic carbocycles. The van der Waals surface area contributed by atoms with Gasteiger partial charge in [-0.2, -0.15) is 4.98 Å². The van der Waals surface area contributed by atoms with Crippen molar-refractivity contribution in [2.24, 2.45) is 5.92 Å². The fraction of sp³-hybridized carbons (Fsp3) is 0.600. The second-order valence-electron chi connectivity index (χ2n) is 4.25. The highest BCUT2D eigenvalue weighted by Gasteiger charge is 2.32. The van der Waals surface area contributed by atoms with Crippen molar-refractivity contribution in [3.05, 3.63) is 22.7 Å². The number of hydrogen-bond acceptors (Lipinski definition) is 4. The minimum atomic E-state index is -0.455. The number of nitrogens with two attached hydrogens (primary N) is 1. The monoisotopic (exact) mass is 209 g/mol. The normalized spacial score (nSPS) is 30.7. The van der Waals surface area contributed by atoms with Gasteiger partial charge in [0.15, 0.2) is 0 Å². The van der Waals surface area contributed by atoms with Gasteiger partial charge in [-0.3, -0.25) is 4.57 Å². The van der Waals surface area contributed by atoms with Gasteiger partial charge in [-0.1, -0.05) is 6.92 Å².